The van der Waals surface area contributed by atoms with E-state index < -0.39 is 0 Å². The molecule has 1 aromatic heterocycles. The highest BCUT2D eigenvalue weighted by molar-refractivity contribution is 5.83. The van der Waals surface area contributed by atoms with Crippen molar-refractivity contribution in [2.45, 2.75) is 58.7 Å². The number of nitrogens with zero attached hydrogens (tertiary/aromatic N) is 2. The van der Waals surface area contributed by atoms with Crippen molar-refractivity contribution < 1.29 is 23.4 Å². The topological polar surface area (TPSA) is 49.8 Å². The molecule has 1 saturated heterocycles. The summed E-state index contributed by atoms with van der Waals surface area (Å²) in [6.07, 6.45) is 4.97. The summed E-state index contributed by atoms with van der Waals surface area (Å²) in [7, 11) is 1.71. The minimum Gasteiger partial charge on any atom is -0.497 e. The first kappa shape index (κ1) is 35.8. The average Bonchev–Trinajstić information content (AvgIpc) is 3.19. The van der Waals surface area contributed by atoms with E-state index in [-0.39, 0.29) is 6.04 Å². The molecule has 1 aliphatic rings. The lowest BCUT2D eigenvalue weighted by Crippen LogP contribution is -2.72. The van der Waals surface area contributed by atoms with Crippen LogP contribution in [0.25, 0.3) is 10.9 Å². The Bertz CT molecular complexity index is 2060. The fourth-order valence-electron chi connectivity index (χ4n) is 7.98. The lowest BCUT2D eigenvalue weighted by atomic mass is 9.81. The molecule has 0 saturated carbocycles. The highest BCUT2D eigenvalue weighted by Gasteiger charge is 2.53. The van der Waals surface area contributed by atoms with E-state index >= 15 is 0 Å². The Hall–Kier alpha value is -5.59. The van der Waals surface area contributed by atoms with E-state index in [0.29, 0.717) is 49.0 Å². The van der Waals surface area contributed by atoms with Crippen molar-refractivity contribution >= 4 is 10.9 Å². The lowest BCUT2D eigenvalue weighted by Gasteiger charge is -2.59. The molecule has 5 aromatic carbocycles. The molecule has 7 rings (SSSR count). The van der Waals surface area contributed by atoms with Crippen LogP contribution in [0.1, 0.15) is 41.7 Å². The maximum absolute atomic E-state index is 6.66. The van der Waals surface area contributed by atoms with Crippen molar-refractivity contribution in [3.63, 3.8) is 0 Å². The van der Waals surface area contributed by atoms with Crippen molar-refractivity contribution in [3.8, 4) is 23.0 Å². The van der Waals surface area contributed by atoms with E-state index in [4.69, 9.17) is 18.9 Å². The van der Waals surface area contributed by atoms with Gasteiger partial charge < -0.3 is 23.4 Å². The zero-order chi connectivity index (χ0) is 36.6. The molecule has 6 heteroatoms. The smallest absolute Gasteiger partial charge is 0.203 e. The second-order valence-electron chi connectivity index (χ2n) is 14.3. The fourth-order valence-corrected chi connectivity index (χ4v) is 7.98. The van der Waals surface area contributed by atoms with Crippen LogP contribution in [0.2, 0.25) is 0 Å². The molecule has 4 atom stereocenters. The van der Waals surface area contributed by atoms with Gasteiger partial charge in [-0.1, -0.05) is 104 Å². The third kappa shape index (κ3) is 8.08. The number of hydrogen-bond donors (Lipinski definition) is 0. The van der Waals surface area contributed by atoms with Crippen molar-refractivity contribution in [2.24, 2.45) is 5.92 Å². The summed E-state index contributed by atoms with van der Waals surface area (Å²) in [4.78, 5) is 4.66. The van der Waals surface area contributed by atoms with Gasteiger partial charge in [0.25, 0.3) is 0 Å². The molecule has 6 nitrogen and oxygen atoms in total. The number of pyridine rings is 1. The van der Waals surface area contributed by atoms with Gasteiger partial charge in [-0.25, -0.2) is 0 Å². The molecule has 2 heterocycles. The van der Waals surface area contributed by atoms with E-state index in [1.165, 1.54) is 5.56 Å². The van der Waals surface area contributed by atoms with Crippen LogP contribution in [0.15, 0.2) is 146 Å². The van der Waals surface area contributed by atoms with Gasteiger partial charge >= 0.3 is 0 Å². The number of fused-ring (bicyclic) bond motifs is 1. The average molecular weight is 706 g/mol. The Kier molecular flexibility index (Phi) is 11.1. The van der Waals surface area contributed by atoms with Gasteiger partial charge in [0, 0.05) is 23.6 Å². The number of methoxy groups -OCH3 is 1. The molecule has 4 unspecified atom stereocenters. The number of ether oxygens (including phenoxy) is 4. The van der Waals surface area contributed by atoms with Crippen LogP contribution in [0.3, 0.4) is 0 Å². The number of rotatable bonds is 16. The predicted octanol–water partition coefficient (Wildman–Crippen LogP) is 10.1. The van der Waals surface area contributed by atoms with Crippen LogP contribution in [0.4, 0.5) is 0 Å². The lowest BCUT2D eigenvalue weighted by molar-refractivity contribution is -1.02. The van der Waals surface area contributed by atoms with Gasteiger partial charge in [-0.2, -0.15) is 0 Å². The standard InChI is InChI=1S/C47H49N2O4/c1-5-44-34(2)29-49(44,35(3)25-40-23-24-48-43-22-21-41(50-4)28-42(40)43)30-39-26-45(51-31-36-15-9-6-10-16-36)47(53-33-38-19-13-8-14-20-38)46(27-39)52-32-37-17-11-7-12-18-37/h5-24,26-28,34-35,44H,1,25,29-33H2,2-4H3/q+1. The van der Waals surface area contributed by atoms with Crippen LogP contribution >= 0.6 is 0 Å². The van der Waals surface area contributed by atoms with E-state index in [2.05, 4.69) is 92.2 Å². The minimum absolute atomic E-state index is 0.280. The maximum atomic E-state index is 6.66. The molecule has 0 N–H and O–H groups in total. The molecule has 1 fully saturated rings. The molecule has 0 spiro atoms. The molecule has 270 valence electrons. The minimum atomic E-state index is 0.280. The molecule has 1 aliphatic heterocycles. The molecule has 0 radical (unpaired) electrons. The van der Waals surface area contributed by atoms with Crippen molar-refractivity contribution in [2.75, 3.05) is 13.7 Å². The normalized spacial score (nSPS) is 18.5. The van der Waals surface area contributed by atoms with Crippen LogP contribution in [-0.4, -0.2) is 35.2 Å². The zero-order valence-electron chi connectivity index (χ0n) is 31.0. The Labute approximate surface area is 313 Å². The van der Waals surface area contributed by atoms with Crippen molar-refractivity contribution in [1.82, 2.24) is 4.98 Å². The largest absolute Gasteiger partial charge is 0.497 e. The van der Waals surface area contributed by atoms with Gasteiger partial charge in [0.2, 0.25) is 5.75 Å². The zero-order valence-corrected chi connectivity index (χ0v) is 31.0. The highest BCUT2D eigenvalue weighted by Crippen LogP contribution is 2.45. The van der Waals surface area contributed by atoms with Gasteiger partial charge in [0.15, 0.2) is 11.5 Å². The summed E-state index contributed by atoms with van der Waals surface area (Å²) < 4.78 is 26.4. The van der Waals surface area contributed by atoms with E-state index in [9.17, 15) is 0 Å². The molecular weight excluding hydrogens is 657 g/mol. The number of benzene rings is 5. The Morgan fingerprint density at radius 2 is 1.30 bits per heavy atom. The Morgan fingerprint density at radius 1 is 0.736 bits per heavy atom. The summed E-state index contributed by atoms with van der Waals surface area (Å²) in [6, 6.07) is 43.9. The molecule has 53 heavy (non-hydrogen) atoms. The van der Waals surface area contributed by atoms with Crippen LogP contribution in [-0.2, 0) is 32.8 Å². The second-order valence-corrected chi connectivity index (χ2v) is 14.3. The third-order valence-corrected chi connectivity index (χ3v) is 10.7. The van der Waals surface area contributed by atoms with Gasteiger partial charge in [-0.05, 0) is 71.7 Å². The number of likely N-dealkylation sites (tertiary alicyclic amines) is 1. The summed E-state index contributed by atoms with van der Waals surface area (Å²) in [5.41, 5.74) is 6.62. The van der Waals surface area contributed by atoms with Gasteiger partial charge in [-0.3, -0.25) is 4.98 Å². The first-order chi connectivity index (χ1) is 26.0. The quantitative estimate of drug-likeness (QED) is 0.0741. The molecule has 0 amide bonds. The van der Waals surface area contributed by atoms with E-state index in [0.717, 1.165) is 62.9 Å². The Morgan fingerprint density at radius 3 is 1.83 bits per heavy atom. The van der Waals surface area contributed by atoms with Gasteiger partial charge in [-0.15, -0.1) is 0 Å². The molecule has 0 bridgehead atoms. The highest BCUT2D eigenvalue weighted by atomic mass is 16.5. The molecular formula is C47H49N2O4+. The number of hydrogen-bond acceptors (Lipinski definition) is 5. The third-order valence-electron chi connectivity index (χ3n) is 10.7. The van der Waals surface area contributed by atoms with Crippen LogP contribution < -0.4 is 18.9 Å². The van der Waals surface area contributed by atoms with E-state index in [1.54, 1.807) is 7.11 Å². The first-order valence-corrected chi connectivity index (χ1v) is 18.5. The number of quaternary nitrogens is 1. The van der Waals surface area contributed by atoms with E-state index in [1.807, 2.05) is 72.9 Å². The Balaban J connectivity index is 1.27. The SMILES string of the molecule is C=CC1C(C)C[N+]1(Cc1cc(OCc2ccccc2)c(OCc2ccccc2)c(OCc2ccccc2)c1)C(C)Cc1ccnc2ccc(OC)cc12. The van der Waals surface area contributed by atoms with Crippen LogP contribution in [0.5, 0.6) is 23.0 Å². The molecule has 0 aliphatic carbocycles. The summed E-state index contributed by atoms with van der Waals surface area (Å²) in [6.45, 7) is 12.1. The number of aromatic nitrogens is 1. The molecule has 6 aromatic rings. The van der Waals surface area contributed by atoms with Gasteiger partial charge in [0.1, 0.15) is 38.2 Å². The summed E-state index contributed by atoms with van der Waals surface area (Å²) in [5, 5.41) is 1.13. The van der Waals surface area contributed by atoms with Gasteiger partial charge in [0.05, 0.1) is 31.1 Å². The van der Waals surface area contributed by atoms with Crippen LogP contribution in [0, 0.1) is 5.92 Å². The second kappa shape index (κ2) is 16.4. The van der Waals surface area contributed by atoms with Crippen molar-refractivity contribution in [3.05, 3.63) is 174 Å². The monoisotopic (exact) mass is 705 g/mol. The maximum Gasteiger partial charge on any atom is 0.203 e. The summed E-state index contributed by atoms with van der Waals surface area (Å²) >= 11 is 0. The fraction of sp³-hybridized carbons (Fsp3) is 0.255. The predicted molar refractivity (Wildman–Crippen MR) is 212 cm³/mol. The van der Waals surface area contributed by atoms with Crippen molar-refractivity contribution in [1.29, 1.82) is 0 Å². The first-order valence-electron chi connectivity index (χ1n) is 18.5. The summed E-state index contributed by atoms with van der Waals surface area (Å²) in [5.74, 6) is 3.31.